The van der Waals surface area contributed by atoms with Crippen LogP contribution >= 0.6 is 0 Å². The number of methoxy groups -OCH3 is 1. The molecule has 0 aromatic rings. The van der Waals surface area contributed by atoms with Crippen LogP contribution in [0.2, 0.25) is 0 Å². The number of amides is 2. The van der Waals surface area contributed by atoms with Crippen molar-refractivity contribution in [2.75, 3.05) is 20.2 Å². The van der Waals surface area contributed by atoms with Crippen molar-refractivity contribution in [1.82, 2.24) is 10.2 Å². The summed E-state index contributed by atoms with van der Waals surface area (Å²) >= 11 is 0. The van der Waals surface area contributed by atoms with Crippen molar-refractivity contribution in [3.63, 3.8) is 0 Å². The van der Waals surface area contributed by atoms with Crippen LogP contribution in [-0.2, 0) is 14.3 Å². The van der Waals surface area contributed by atoms with E-state index in [1.54, 1.807) is 13.8 Å². The van der Waals surface area contributed by atoms with E-state index in [0.717, 1.165) is 0 Å². The zero-order valence-electron chi connectivity index (χ0n) is 12.0. The molecule has 0 heterocycles. The smallest absolute Gasteiger partial charge is 0.325 e. The first-order chi connectivity index (χ1) is 8.61. The summed E-state index contributed by atoms with van der Waals surface area (Å²) in [6, 6.07) is -0.693. The summed E-state index contributed by atoms with van der Waals surface area (Å²) in [6.45, 7) is 6.33. The van der Waals surface area contributed by atoms with Gasteiger partial charge in [0.05, 0.1) is 12.5 Å². The van der Waals surface area contributed by atoms with Crippen molar-refractivity contribution in [2.45, 2.75) is 33.7 Å². The van der Waals surface area contributed by atoms with Gasteiger partial charge in [0.25, 0.3) is 0 Å². The van der Waals surface area contributed by atoms with Gasteiger partial charge < -0.3 is 20.1 Å². The molecule has 19 heavy (non-hydrogen) atoms. The summed E-state index contributed by atoms with van der Waals surface area (Å²) < 4.78 is 4.51. The van der Waals surface area contributed by atoms with Gasteiger partial charge in [-0.25, -0.2) is 4.79 Å². The highest BCUT2D eigenvalue weighted by molar-refractivity contribution is 5.82. The van der Waals surface area contributed by atoms with Gasteiger partial charge in [0.1, 0.15) is 6.54 Å². The molecule has 0 saturated carbocycles. The van der Waals surface area contributed by atoms with Crippen LogP contribution in [0.1, 0.15) is 27.7 Å². The Kier molecular flexibility index (Phi) is 6.31. The van der Waals surface area contributed by atoms with Gasteiger partial charge >= 0.3 is 18.0 Å². The second kappa shape index (κ2) is 6.96. The monoisotopic (exact) mass is 274 g/mol. The van der Waals surface area contributed by atoms with Crippen LogP contribution < -0.4 is 5.32 Å². The molecule has 0 aliphatic carbocycles. The number of nitrogens with zero attached hydrogens (tertiary/aromatic N) is 1. The Morgan fingerprint density at radius 3 is 2.21 bits per heavy atom. The van der Waals surface area contributed by atoms with Crippen LogP contribution in [0.3, 0.4) is 0 Å². The first-order valence-corrected chi connectivity index (χ1v) is 5.96. The fourth-order valence-corrected chi connectivity index (χ4v) is 1.17. The normalized spacial score (nSPS) is 11.1. The van der Waals surface area contributed by atoms with Crippen LogP contribution in [0, 0.1) is 5.41 Å². The summed E-state index contributed by atoms with van der Waals surface area (Å²) in [6.07, 6.45) is 0. The van der Waals surface area contributed by atoms with Gasteiger partial charge in [-0.05, 0) is 27.7 Å². The number of ether oxygens (including phenoxy) is 1. The number of hydrogen-bond donors (Lipinski definition) is 2. The maximum absolute atomic E-state index is 11.9. The summed E-state index contributed by atoms with van der Waals surface area (Å²) in [7, 11) is 1.24. The molecule has 0 aromatic heterocycles. The molecular weight excluding hydrogens is 252 g/mol. The largest absolute Gasteiger partial charge is 0.481 e. The maximum atomic E-state index is 11.9. The van der Waals surface area contributed by atoms with Gasteiger partial charge in [-0.1, -0.05) is 0 Å². The molecule has 7 heteroatoms. The first-order valence-electron chi connectivity index (χ1n) is 5.96. The molecule has 0 rings (SSSR count). The molecule has 0 aliphatic rings. The summed E-state index contributed by atoms with van der Waals surface area (Å²) in [4.78, 5) is 35.3. The number of carboxylic acid groups (broad SMARTS) is 1. The lowest BCUT2D eigenvalue weighted by Gasteiger charge is -2.27. The summed E-state index contributed by atoms with van der Waals surface area (Å²) in [5, 5.41) is 11.5. The van der Waals surface area contributed by atoms with E-state index in [4.69, 9.17) is 5.11 Å². The minimum atomic E-state index is -1.07. The molecule has 0 aromatic carbocycles. The Hall–Kier alpha value is -1.79. The molecule has 0 spiro atoms. The Morgan fingerprint density at radius 1 is 1.32 bits per heavy atom. The lowest BCUT2D eigenvalue weighted by atomic mass is 9.94. The quantitative estimate of drug-likeness (QED) is 0.695. The number of carbonyl (C=O) groups is 3. The Bertz CT molecular complexity index is 352. The zero-order chi connectivity index (χ0) is 15.2. The van der Waals surface area contributed by atoms with E-state index >= 15 is 0 Å². The highest BCUT2D eigenvalue weighted by Crippen LogP contribution is 2.13. The van der Waals surface area contributed by atoms with Gasteiger partial charge in [0.2, 0.25) is 0 Å². The average Bonchev–Trinajstić information content (AvgIpc) is 2.32. The topological polar surface area (TPSA) is 95.9 Å². The van der Waals surface area contributed by atoms with Gasteiger partial charge in [-0.2, -0.15) is 0 Å². The fraction of sp³-hybridized carbons (Fsp3) is 0.750. The molecule has 0 aliphatic heterocycles. The summed E-state index contributed by atoms with van der Waals surface area (Å²) in [5.74, 6) is -1.53. The van der Waals surface area contributed by atoms with Crippen molar-refractivity contribution in [1.29, 1.82) is 0 Å². The van der Waals surface area contributed by atoms with Crippen molar-refractivity contribution in [3.05, 3.63) is 0 Å². The molecule has 0 unspecified atom stereocenters. The van der Waals surface area contributed by atoms with E-state index in [0.29, 0.717) is 0 Å². The van der Waals surface area contributed by atoms with Gasteiger partial charge in [-0.3, -0.25) is 9.59 Å². The van der Waals surface area contributed by atoms with Crippen LogP contribution in [-0.4, -0.2) is 54.2 Å². The van der Waals surface area contributed by atoms with Crippen molar-refractivity contribution in [2.24, 2.45) is 5.41 Å². The van der Waals surface area contributed by atoms with Crippen LogP contribution in [0.5, 0.6) is 0 Å². The fourth-order valence-electron chi connectivity index (χ4n) is 1.17. The van der Waals surface area contributed by atoms with E-state index < -0.39 is 23.4 Å². The van der Waals surface area contributed by atoms with Gasteiger partial charge in [0.15, 0.2) is 0 Å². The molecule has 2 amide bonds. The highest BCUT2D eigenvalue weighted by Gasteiger charge is 2.29. The number of rotatable bonds is 6. The molecule has 0 fully saturated rings. The van der Waals surface area contributed by atoms with E-state index in [-0.39, 0.29) is 19.1 Å². The third-order valence-electron chi connectivity index (χ3n) is 2.67. The third kappa shape index (κ3) is 5.58. The van der Waals surface area contributed by atoms with E-state index in [9.17, 15) is 14.4 Å². The molecule has 2 N–H and O–H groups in total. The van der Waals surface area contributed by atoms with Gasteiger partial charge in [0, 0.05) is 12.6 Å². The average molecular weight is 274 g/mol. The van der Waals surface area contributed by atoms with Crippen molar-refractivity contribution >= 4 is 18.0 Å². The zero-order valence-corrected chi connectivity index (χ0v) is 12.0. The maximum Gasteiger partial charge on any atom is 0.325 e. The van der Waals surface area contributed by atoms with E-state index in [1.807, 2.05) is 0 Å². The second-order valence-electron chi connectivity index (χ2n) is 5.15. The third-order valence-corrected chi connectivity index (χ3v) is 2.67. The minimum absolute atomic E-state index is 0.0223. The van der Waals surface area contributed by atoms with Gasteiger partial charge in [-0.15, -0.1) is 0 Å². The van der Waals surface area contributed by atoms with Crippen molar-refractivity contribution < 1.29 is 24.2 Å². The molecule has 0 radical (unpaired) electrons. The Morgan fingerprint density at radius 2 is 1.84 bits per heavy atom. The molecule has 0 atom stereocenters. The number of urea groups is 1. The number of esters is 1. The predicted molar refractivity (Wildman–Crippen MR) is 68.7 cm³/mol. The minimum Gasteiger partial charge on any atom is -0.481 e. The van der Waals surface area contributed by atoms with Crippen LogP contribution in [0.4, 0.5) is 4.79 Å². The van der Waals surface area contributed by atoms with E-state index in [2.05, 4.69) is 10.1 Å². The number of carbonyl (C=O) groups excluding carboxylic acids is 2. The molecule has 7 nitrogen and oxygen atoms in total. The molecule has 0 bridgehead atoms. The molecule has 110 valence electrons. The van der Waals surface area contributed by atoms with Crippen LogP contribution in [0.25, 0.3) is 0 Å². The Balaban J connectivity index is 4.59. The summed E-state index contributed by atoms with van der Waals surface area (Å²) in [5.41, 5.74) is -1.07. The molecule has 0 saturated heterocycles. The lowest BCUT2D eigenvalue weighted by molar-refractivity contribution is -0.146. The number of hydrogen-bond acceptors (Lipinski definition) is 4. The molecular formula is C12H22N2O5. The number of carboxylic acids is 1. The lowest BCUT2D eigenvalue weighted by Crippen LogP contribution is -2.49. The van der Waals surface area contributed by atoms with E-state index in [1.165, 1.54) is 25.9 Å². The Labute approximate surface area is 112 Å². The standard InChI is InChI=1S/C12H22N2O5/c1-8(2)14(6-9(15)19-5)11(18)13-7-12(3,4)10(16)17/h8H,6-7H2,1-5H3,(H,13,18)(H,16,17). The second-order valence-corrected chi connectivity index (χ2v) is 5.15. The van der Waals surface area contributed by atoms with Crippen LogP contribution in [0.15, 0.2) is 0 Å². The first kappa shape index (κ1) is 17.2. The predicted octanol–water partition coefficient (Wildman–Crippen LogP) is 0.690. The number of nitrogens with one attached hydrogen (secondary N) is 1. The highest BCUT2D eigenvalue weighted by atomic mass is 16.5. The SMILES string of the molecule is COC(=O)CN(C(=O)NCC(C)(C)C(=O)O)C(C)C. The number of aliphatic carboxylic acids is 1. The van der Waals surface area contributed by atoms with Crippen molar-refractivity contribution in [3.8, 4) is 0 Å².